The average Bonchev–Trinajstić information content (AvgIpc) is 2.66. The van der Waals surface area contributed by atoms with Gasteiger partial charge in [-0.05, 0) is 38.6 Å². The maximum atomic E-state index is 11.8. The number of rotatable bonds is 7. The monoisotopic (exact) mass is 240 g/mol. The van der Waals surface area contributed by atoms with E-state index >= 15 is 0 Å². The van der Waals surface area contributed by atoms with Gasteiger partial charge >= 0.3 is 0 Å². The highest BCUT2D eigenvalue weighted by molar-refractivity contribution is 5.78. The standard InChI is InChI=1S/C14H28N2O/c1-11(2)13-9-14(17)16(10-13)8-6-5-7-12(3)15-4/h11-13,15H,5-10H2,1-4H3. The topological polar surface area (TPSA) is 32.3 Å². The molecule has 0 spiro atoms. The molecule has 0 aromatic rings. The second-order valence-corrected chi connectivity index (χ2v) is 5.73. The molecule has 2 unspecified atom stereocenters. The smallest absolute Gasteiger partial charge is 0.222 e. The maximum absolute atomic E-state index is 11.8. The van der Waals surface area contributed by atoms with Gasteiger partial charge in [0.25, 0.3) is 0 Å². The summed E-state index contributed by atoms with van der Waals surface area (Å²) in [4.78, 5) is 13.9. The van der Waals surface area contributed by atoms with E-state index in [4.69, 9.17) is 0 Å². The van der Waals surface area contributed by atoms with Crippen LogP contribution in [0.4, 0.5) is 0 Å². The van der Waals surface area contributed by atoms with Crippen LogP contribution in [0.3, 0.4) is 0 Å². The van der Waals surface area contributed by atoms with Gasteiger partial charge in [0.05, 0.1) is 0 Å². The molecular formula is C14H28N2O. The van der Waals surface area contributed by atoms with Crippen LogP contribution in [0.15, 0.2) is 0 Å². The van der Waals surface area contributed by atoms with E-state index in [0.717, 1.165) is 25.9 Å². The second kappa shape index (κ2) is 7.00. The molecule has 0 saturated carbocycles. The fraction of sp³-hybridized carbons (Fsp3) is 0.929. The van der Waals surface area contributed by atoms with Crippen LogP contribution in [0.5, 0.6) is 0 Å². The molecule has 0 radical (unpaired) electrons. The Morgan fingerprint density at radius 2 is 2.06 bits per heavy atom. The van der Waals surface area contributed by atoms with Crippen molar-refractivity contribution in [3.8, 4) is 0 Å². The molecule has 1 N–H and O–H groups in total. The summed E-state index contributed by atoms with van der Waals surface area (Å²) in [7, 11) is 2.00. The summed E-state index contributed by atoms with van der Waals surface area (Å²) < 4.78 is 0. The lowest BCUT2D eigenvalue weighted by atomic mass is 9.95. The molecule has 1 aliphatic heterocycles. The lowest BCUT2D eigenvalue weighted by molar-refractivity contribution is -0.127. The number of amides is 1. The van der Waals surface area contributed by atoms with E-state index in [-0.39, 0.29) is 0 Å². The van der Waals surface area contributed by atoms with Crippen LogP contribution in [-0.4, -0.2) is 37.0 Å². The zero-order chi connectivity index (χ0) is 12.8. The van der Waals surface area contributed by atoms with Gasteiger partial charge in [-0.2, -0.15) is 0 Å². The normalized spacial score (nSPS) is 22.5. The van der Waals surface area contributed by atoms with Gasteiger partial charge < -0.3 is 10.2 Å². The van der Waals surface area contributed by atoms with E-state index in [1.54, 1.807) is 0 Å². The molecule has 3 heteroatoms. The number of unbranched alkanes of at least 4 members (excludes halogenated alkanes) is 1. The molecule has 1 rings (SSSR count). The van der Waals surface area contributed by atoms with Gasteiger partial charge in [0.1, 0.15) is 0 Å². The molecule has 1 saturated heterocycles. The first-order valence-corrected chi connectivity index (χ1v) is 6.99. The molecular weight excluding hydrogens is 212 g/mol. The van der Waals surface area contributed by atoms with Crippen molar-refractivity contribution in [2.45, 2.75) is 52.5 Å². The summed E-state index contributed by atoms with van der Waals surface area (Å²) in [5.74, 6) is 1.58. The van der Waals surface area contributed by atoms with Crippen molar-refractivity contribution >= 4 is 5.91 Å². The van der Waals surface area contributed by atoms with Crippen molar-refractivity contribution < 1.29 is 4.79 Å². The van der Waals surface area contributed by atoms with Gasteiger partial charge in [-0.1, -0.05) is 20.3 Å². The second-order valence-electron chi connectivity index (χ2n) is 5.73. The summed E-state index contributed by atoms with van der Waals surface area (Å²) >= 11 is 0. The lowest BCUT2D eigenvalue weighted by Gasteiger charge is -2.18. The summed E-state index contributed by atoms with van der Waals surface area (Å²) in [5, 5.41) is 3.24. The third-order valence-corrected chi connectivity index (χ3v) is 4.00. The predicted octanol–water partition coefficient (Wildman–Crippen LogP) is 2.27. The first-order valence-electron chi connectivity index (χ1n) is 6.99. The Morgan fingerprint density at radius 3 is 2.59 bits per heavy atom. The van der Waals surface area contributed by atoms with E-state index < -0.39 is 0 Å². The van der Waals surface area contributed by atoms with Crippen molar-refractivity contribution in [2.75, 3.05) is 20.1 Å². The number of hydrogen-bond acceptors (Lipinski definition) is 2. The Morgan fingerprint density at radius 1 is 1.35 bits per heavy atom. The van der Waals surface area contributed by atoms with E-state index in [0.29, 0.717) is 23.8 Å². The van der Waals surface area contributed by atoms with Crippen molar-refractivity contribution in [2.24, 2.45) is 11.8 Å². The molecule has 0 bridgehead atoms. The zero-order valence-electron chi connectivity index (χ0n) is 11.8. The minimum absolute atomic E-state index is 0.366. The Hall–Kier alpha value is -0.570. The molecule has 1 fully saturated rings. The molecule has 1 aliphatic rings. The molecule has 0 aliphatic carbocycles. The van der Waals surface area contributed by atoms with E-state index in [1.165, 1.54) is 12.8 Å². The molecule has 100 valence electrons. The lowest BCUT2D eigenvalue weighted by Crippen LogP contribution is -2.27. The molecule has 0 aromatic heterocycles. The van der Waals surface area contributed by atoms with Crippen LogP contribution in [-0.2, 0) is 4.79 Å². The van der Waals surface area contributed by atoms with E-state index in [1.807, 2.05) is 7.05 Å². The maximum Gasteiger partial charge on any atom is 0.222 e. The summed E-state index contributed by atoms with van der Waals surface area (Å²) in [6.07, 6.45) is 4.32. The highest BCUT2D eigenvalue weighted by atomic mass is 16.2. The van der Waals surface area contributed by atoms with Gasteiger partial charge in [0.15, 0.2) is 0 Å². The Labute approximate surface area is 106 Å². The van der Waals surface area contributed by atoms with Gasteiger partial charge in [-0.25, -0.2) is 0 Å². The molecule has 3 nitrogen and oxygen atoms in total. The average molecular weight is 240 g/mol. The van der Waals surface area contributed by atoms with E-state index in [9.17, 15) is 4.79 Å². The fourth-order valence-electron chi connectivity index (χ4n) is 2.36. The van der Waals surface area contributed by atoms with Crippen molar-refractivity contribution in [1.29, 1.82) is 0 Å². The summed E-state index contributed by atoms with van der Waals surface area (Å²) in [5.41, 5.74) is 0. The van der Waals surface area contributed by atoms with Gasteiger partial charge in [0, 0.05) is 25.6 Å². The Balaban J connectivity index is 2.17. The van der Waals surface area contributed by atoms with Crippen LogP contribution in [0.2, 0.25) is 0 Å². The number of hydrogen-bond donors (Lipinski definition) is 1. The van der Waals surface area contributed by atoms with Crippen molar-refractivity contribution in [3.63, 3.8) is 0 Å². The van der Waals surface area contributed by atoms with Crippen molar-refractivity contribution in [3.05, 3.63) is 0 Å². The summed E-state index contributed by atoms with van der Waals surface area (Å²) in [6.45, 7) is 8.58. The minimum atomic E-state index is 0.366. The Bertz CT molecular complexity index is 240. The first kappa shape index (κ1) is 14.5. The van der Waals surface area contributed by atoms with E-state index in [2.05, 4.69) is 31.0 Å². The fourth-order valence-corrected chi connectivity index (χ4v) is 2.36. The van der Waals surface area contributed by atoms with Gasteiger partial charge in [0.2, 0.25) is 5.91 Å². The number of nitrogens with zero attached hydrogens (tertiary/aromatic N) is 1. The highest BCUT2D eigenvalue weighted by Gasteiger charge is 2.30. The largest absolute Gasteiger partial charge is 0.342 e. The summed E-state index contributed by atoms with van der Waals surface area (Å²) in [6, 6.07) is 0.590. The first-order chi connectivity index (χ1) is 8.04. The van der Waals surface area contributed by atoms with Crippen LogP contribution >= 0.6 is 0 Å². The number of carbonyl (C=O) groups excluding carboxylic acids is 1. The molecule has 2 atom stereocenters. The third-order valence-electron chi connectivity index (χ3n) is 4.00. The van der Waals surface area contributed by atoms with Gasteiger partial charge in [-0.3, -0.25) is 4.79 Å². The molecule has 1 amide bonds. The number of likely N-dealkylation sites (tertiary alicyclic amines) is 1. The van der Waals surface area contributed by atoms with Crippen molar-refractivity contribution in [1.82, 2.24) is 10.2 Å². The van der Waals surface area contributed by atoms with Crippen LogP contribution in [0, 0.1) is 11.8 Å². The number of nitrogens with one attached hydrogen (secondary N) is 1. The molecule has 0 aromatic carbocycles. The minimum Gasteiger partial charge on any atom is -0.342 e. The zero-order valence-corrected chi connectivity index (χ0v) is 11.8. The SMILES string of the molecule is CNC(C)CCCCN1CC(C(C)C)CC1=O. The quantitative estimate of drug-likeness (QED) is 0.692. The third kappa shape index (κ3) is 4.66. The van der Waals surface area contributed by atoms with Crippen LogP contribution < -0.4 is 5.32 Å². The van der Waals surface area contributed by atoms with Crippen LogP contribution in [0.25, 0.3) is 0 Å². The molecule has 17 heavy (non-hydrogen) atoms. The predicted molar refractivity (Wildman–Crippen MR) is 71.9 cm³/mol. The highest BCUT2D eigenvalue weighted by Crippen LogP contribution is 2.24. The van der Waals surface area contributed by atoms with Gasteiger partial charge in [-0.15, -0.1) is 0 Å². The Kier molecular flexibility index (Phi) is 5.96. The van der Waals surface area contributed by atoms with Crippen LogP contribution in [0.1, 0.15) is 46.5 Å². The number of carbonyl (C=O) groups is 1. The molecule has 1 heterocycles.